The first-order valence-corrected chi connectivity index (χ1v) is 11.0. The number of benzene rings is 2. The Morgan fingerprint density at radius 1 is 1.12 bits per heavy atom. The van der Waals surface area contributed by atoms with Gasteiger partial charge in [0.15, 0.2) is 0 Å². The molecule has 0 saturated heterocycles. The Kier molecular flexibility index (Phi) is 6.88. The number of sulfonamides is 1. The largest absolute Gasteiger partial charge is 0.496 e. The van der Waals surface area contributed by atoms with Crippen molar-refractivity contribution in [3.8, 4) is 5.75 Å². The second-order valence-corrected chi connectivity index (χ2v) is 9.50. The van der Waals surface area contributed by atoms with Crippen molar-refractivity contribution in [1.29, 1.82) is 0 Å². The monoisotopic (exact) mass is 439 g/mol. The van der Waals surface area contributed by atoms with Crippen LogP contribution in [0.4, 0.5) is 0 Å². The molecule has 1 N–H and O–H groups in total. The quantitative estimate of drug-likeness (QED) is 0.654. The molecule has 2 aromatic carbocycles. The Balaban J connectivity index is 2.25. The molecule has 6 heteroatoms. The van der Waals surface area contributed by atoms with Crippen molar-refractivity contribution in [2.24, 2.45) is 0 Å². The zero-order chi connectivity index (χ0) is 19.5. The van der Waals surface area contributed by atoms with Crippen LogP contribution in [-0.2, 0) is 15.8 Å². The summed E-state index contributed by atoms with van der Waals surface area (Å²) in [5.41, 5.74) is 3.79. The topological polar surface area (TPSA) is 55.4 Å². The highest BCUT2D eigenvalue weighted by Gasteiger charge is 2.20. The van der Waals surface area contributed by atoms with Crippen LogP contribution in [0.1, 0.15) is 55.0 Å². The normalized spacial score (nSPS) is 13.0. The lowest BCUT2D eigenvalue weighted by Gasteiger charge is -2.21. The molecule has 0 aliphatic heterocycles. The lowest BCUT2D eigenvalue weighted by Crippen LogP contribution is -2.28. The zero-order valence-corrected chi connectivity index (χ0v) is 18.2. The Morgan fingerprint density at radius 2 is 1.81 bits per heavy atom. The maximum absolute atomic E-state index is 12.6. The summed E-state index contributed by atoms with van der Waals surface area (Å²) in [5.74, 6) is 1.07. The van der Waals surface area contributed by atoms with Gasteiger partial charge in [-0.2, -0.15) is 0 Å². The number of nitrogens with one attached hydrogen (secondary N) is 1. The maximum atomic E-state index is 12.6. The highest BCUT2D eigenvalue weighted by atomic mass is 79.9. The molecule has 1 atom stereocenters. The number of hydrogen-bond acceptors (Lipinski definition) is 3. The SMILES string of the molecule is COc1cc(C)c([C@@H](C)NS(=O)(=O)Cc2cccc(Br)c2)cc1C(C)C. The molecule has 0 radical (unpaired) electrons. The van der Waals surface area contributed by atoms with Crippen molar-refractivity contribution in [1.82, 2.24) is 4.72 Å². The van der Waals surface area contributed by atoms with Gasteiger partial charge in [0.05, 0.1) is 12.9 Å². The molecule has 0 unspecified atom stereocenters. The molecule has 142 valence electrons. The molecule has 0 heterocycles. The second-order valence-electron chi connectivity index (χ2n) is 6.83. The highest BCUT2D eigenvalue weighted by molar-refractivity contribution is 9.10. The van der Waals surface area contributed by atoms with E-state index in [1.165, 1.54) is 0 Å². The minimum atomic E-state index is -3.47. The molecule has 0 aliphatic rings. The minimum absolute atomic E-state index is 0.0526. The molecular formula is C20H26BrNO3S. The van der Waals surface area contributed by atoms with Gasteiger partial charge in [0.1, 0.15) is 5.75 Å². The number of ether oxygens (including phenoxy) is 1. The van der Waals surface area contributed by atoms with Crippen LogP contribution in [0.15, 0.2) is 40.9 Å². The number of halogens is 1. The van der Waals surface area contributed by atoms with E-state index in [-0.39, 0.29) is 17.7 Å². The molecule has 26 heavy (non-hydrogen) atoms. The molecule has 0 spiro atoms. The van der Waals surface area contributed by atoms with E-state index in [0.717, 1.165) is 32.5 Å². The van der Waals surface area contributed by atoms with Gasteiger partial charge in [-0.1, -0.05) is 41.9 Å². The molecule has 0 fully saturated rings. The van der Waals surface area contributed by atoms with Crippen LogP contribution in [0.5, 0.6) is 5.75 Å². The van der Waals surface area contributed by atoms with Crippen LogP contribution in [0, 0.1) is 6.92 Å². The van der Waals surface area contributed by atoms with Gasteiger partial charge in [-0.25, -0.2) is 13.1 Å². The van der Waals surface area contributed by atoms with E-state index in [2.05, 4.69) is 34.5 Å². The van der Waals surface area contributed by atoms with Gasteiger partial charge in [0.25, 0.3) is 0 Å². The van der Waals surface area contributed by atoms with Crippen molar-refractivity contribution in [3.63, 3.8) is 0 Å². The van der Waals surface area contributed by atoms with Crippen molar-refractivity contribution in [2.75, 3.05) is 7.11 Å². The lowest BCUT2D eigenvalue weighted by molar-refractivity contribution is 0.406. The maximum Gasteiger partial charge on any atom is 0.216 e. The number of hydrogen-bond donors (Lipinski definition) is 1. The van der Waals surface area contributed by atoms with Gasteiger partial charge in [0, 0.05) is 10.5 Å². The van der Waals surface area contributed by atoms with Gasteiger partial charge in [-0.05, 0) is 66.3 Å². The van der Waals surface area contributed by atoms with Gasteiger partial charge in [-0.15, -0.1) is 0 Å². The molecule has 4 nitrogen and oxygen atoms in total. The summed E-state index contributed by atoms with van der Waals surface area (Å²) < 4.78 is 34.3. The van der Waals surface area contributed by atoms with Crippen LogP contribution in [-0.4, -0.2) is 15.5 Å². The Bertz CT molecular complexity index is 879. The molecule has 0 saturated carbocycles. The molecule has 0 amide bonds. The van der Waals surface area contributed by atoms with Crippen LogP contribution in [0.2, 0.25) is 0 Å². The summed E-state index contributed by atoms with van der Waals surface area (Å²) in [4.78, 5) is 0. The van der Waals surface area contributed by atoms with Crippen molar-refractivity contribution in [3.05, 3.63) is 63.1 Å². The van der Waals surface area contributed by atoms with E-state index >= 15 is 0 Å². The molecule has 2 rings (SSSR count). The summed E-state index contributed by atoms with van der Waals surface area (Å²) in [6, 6.07) is 11.0. The van der Waals surface area contributed by atoms with E-state index < -0.39 is 10.0 Å². The average molecular weight is 440 g/mol. The van der Waals surface area contributed by atoms with Gasteiger partial charge in [0.2, 0.25) is 10.0 Å². The van der Waals surface area contributed by atoms with Gasteiger partial charge in [-0.3, -0.25) is 0 Å². The molecular weight excluding hydrogens is 414 g/mol. The van der Waals surface area contributed by atoms with Crippen LogP contribution in [0.3, 0.4) is 0 Å². The second kappa shape index (κ2) is 8.55. The first-order valence-electron chi connectivity index (χ1n) is 8.56. The van der Waals surface area contributed by atoms with Crippen molar-refractivity contribution in [2.45, 2.75) is 45.4 Å². The fourth-order valence-electron chi connectivity index (χ4n) is 3.03. The first-order chi connectivity index (χ1) is 12.1. The number of aryl methyl sites for hydroxylation is 1. The molecule has 2 aromatic rings. The Morgan fingerprint density at radius 3 is 2.38 bits per heavy atom. The summed E-state index contributed by atoms with van der Waals surface area (Å²) in [6.45, 7) is 8.04. The summed E-state index contributed by atoms with van der Waals surface area (Å²) in [7, 11) is -1.81. The summed E-state index contributed by atoms with van der Waals surface area (Å²) in [5, 5.41) is 0. The van der Waals surface area contributed by atoms with Crippen molar-refractivity contribution < 1.29 is 13.2 Å². The summed E-state index contributed by atoms with van der Waals surface area (Å²) in [6.07, 6.45) is 0. The smallest absolute Gasteiger partial charge is 0.216 e. The minimum Gasteiger partial charge on any atom is -0.496 e. The van der Waals surface area contributed by atoms with Crippen LogP contribution >= 0.6 is 15.9 Å². The van der Waals surface area contributed by atoms with Gasteiger partial charge >= 0.3 is 0 Å². The predicted octanol–water partition coefficient (Wildman–Crippen LogP) is 5.07. The van der Waals surface area contributed by atoms with E-state index in [1.54, 1.807) is 7.11 Å². The summed E-state index contributed by atoms with van der Waals surface area (Å²) >= 11 is 3.37. The Labute approximate surface area is 165 Å². The molecule has 0 aliphatic carbocycles. The fraction of sp³-hybridized carbons (Fsp3) is 0.400. The van der Waals surface area contributed by atoms with Crippen LogP contribution in [0.25, 0.3) is 0 Å². The third-order valence-corrected chi connectivity index (χ3v) is 6.23. The standard InChI is InChI=1S/C20H26BrNO3S/c1-13(2)18-11-19(14(3)9-20(18)25-5)15(4)22-26(23,24)12-16-7-6-8-17(21)10-16/h6-11,13,15,22H,12H2,1-5H3/t15-/m1/s1. The fourth-order valence-corrected chi connectivity index (χ4v) is 4.84. The highest BCUT2D eigenvalue weighted by Crippen LogP contribution is 2.32. The molecule has 0 bridgehead atoms. The average Bonchev–Trinajstić information content (AvgIpc) is 2.52. The predicted molar refractivity (Wildman–Crippen MR) is 110 cm³/mol. The van der Waals surface area contributed by atoms with E-state index in [0.29, 0.717) is 0 Å². The van der Waals surface area contributed by atoms with E-state index in [4.69, 9.17) is 4.74 Å². The molecule has 0 aromatic heterocycles. The zero-order valence-electron chi connectivity index (χ0n) is 15.8. The van der Waals surface area contributed by atoms with Gasteiger partial charge < -0.3 is 4.74 Å². The van der Waals surface area contributed by atoms with Crippen molar-refractivity contribution >= 4 is 26.0 Å². The third-order valence-electron chi connectivity index (χ3n) is 4.31. The van der Waals surface area contributed by atoms with E-state index in [9.17, 15) is 8.42 Å². The number of methoxy groups -OCH3 is 1. The number of rotatable bonds is 7. The Hall–Kier alpha value is -1.37. The van der Waals surface area contributed by atoms with E-state index in [1.807, 2.05) is 50.2 Å². The first kappa shape index (κ1) is 20.9. The lowest BCUT2D eigenvalue weighted by atomic mass is 9.94. The third kappa shape index (κ3) is 5.32. The van der Waals surface area contributed by atoms with Crippen LogP contribution < -0.4 is 9.46 Å².